The summed E-state index contributed by atoms with van der Waals surface area (Å²) in [7, 11) is 0. The minimum Gasteiger partial charge on any atom is -0.208 e. The van der Waals surface area contributed by atoms with E-state index in [-0.39, 0.29) is 17.8 Å². The second kappa shape index (κ2) is 12.8. The van der Waals surface area contributed by atoms with Gasteiger partial charge in [0.25, 0.3) is 0 Å². The third-order valence-corrected chi connectivity index (χ3v) is 8.03. The molecular weight excluding hydrogens is 472 g/mol. The predicted octanol–water partition coefficient (Wildman–Crippen LogP) is 10.7. The van der Waals surface area contributed by atoms with Gasteiger partial charge in [0.05, 0.1) is 0 Å². The summed E-state index contributed by atoms with van der Waals surface area (Å²) in [6.45, 7) is 4.16. The van der Waals surface area contributed by atoms with Crippen LogP contribution in [0.15, 0.2) is 71.9 Å². The third-order valence-electron chi connectivity index (χ3n) is 8.03. The molecule has 2 aliphatic rings. The summed E-state index contributed by atoms with van der Waals surface area (Å²) in [5.74, 6) is -3.03. The molecule has 0 amide bonds. The molecule has 2 aromatic rings. The standard InChI is InChI=1S/C33H38F4/c1-3-5-7-26-18-19-27(31(35)30(26)34)17-12-23-10-15-25(16-11-23)29-21-20-28(32(36)33(29)37)24-13-8-22(6-4-2)9-14-24/h8-9,12-14,17,19-21,23,25-26H,3-7,10-11,15-16,18H2,1-2H3/b17-12+. The molecule has 198 valence electrons. The van der Waals surface area contributed by atoms with Gasteiger partial charge in [-0.05, 0) is 73.5 Å². The van der Waals surface area contributed by atoms with Crippen LogP contribution in [0, 0.1) is 23.5 Å². The summed E-state index contributed by atoms with van der Waals surface area (Å²) in [5.41, 5.74) is 2.94. The molecule has 0 N–H and O–H groups in total. The Labute approximate surface area is 219 Å². The summed E-state index contributed by atoms with van der Waals surface area (Å²) in [4.78, 5) is 0. The Kier molecular flexibility index (Phi) is 9.45. The van der Waals surface area contributed by atoms with Crippen LogP contribution >= 0.6 is 0 Å². The highest BCUT2D eigenvalue weighted by molar-refractivity contribution is 5.65. The lowest BCUT2D eigenvalue weighted by Crippen LogP contribution is -2.14. The van der Waals surface area contributed by atoms with Crippen LogP contribution < -0.4 is 0 Å². The van der Waals surface area contributed by atoms with Crippen LogP contribution in [0.1, 0.15) is 88.7 Å². The molecule has 37 heavy (non-hydrogen) atoms. The Morgan fingerprint density at radius 2 is 1.57 bits per heavy atom. The molecule has 0 aliphatic heterocycles. The fraction of sp³-hybridized carbons (Fsp3) is 0.455. The molecule has 0 saturated heterocycles. The van der Waals surface area contributed by atoms with Gasteiger partial charge >= 0.3 is 0 Å². The summed E-state index contributed by atoms with van der Waals surface area (Å²) in [5, 5.41) is 0. The van der Waals surface area contributed by atoms with Crippen molar-refractivity contribution in [3.8, 4) is 11.1 Å². The summed E-state index contributed by atoms with van der Waals surface area (Å²) in [6.07, 6.45) is 13.6. The zero-order valence-corrected chi connectivity index (χ0v) is 22.0. The van der Waals surface area contributed by atoms with E-state index in [4.69, 9.17) is 0 Å². The minimum atomic E-state index is -0.784. The van der Waals surface area contributed by atoms with E-state index in [2.05, 4.69) is 6.92 Å². The van der Waals surface area contributed by atoms with Crippen molar-refractivity contribution in [3.63, 3.8) is 0 Å². The topological polar surface area (TPSA) is 0 Å². The Morgan fingerprint density at radius 3 is 2.24 bits per heavy atom. The first kappa shape index (κ1) is 27.4. The van der Waals surface area contributed by atoms with Gasteiger partial charge in [-0.3, -0.25) is 0 Å². The lowest BCUT2D eigenvalue weighted by Gasteiger charge is -2.28. The Morgan fingerprint density at radius 1 is 0.838 bits per heavy atom. The SMILES string of the molecule is CCCCC1CC=C(/C=C/C2CCC(c3ccc(-c4ccc(CCC)cc4)c(F)c3F)CC2)C(F)=C1F. The molecule has 0 nitrogen and oxygen atoms in total. The first-order valence-corrected chi connectivity index (χ1v) is 13.9. The van der Waals surface area contributed by atoms with Gasteiger partial charge in [-0.25, -0.2) is 17.6 Å². The molecule has 0 aromatic heterocycles. The van der Waals surface area contributed by atoms with Crippen molar-refractivity contribution in [3.05, 3.63) is 94.6 Å². The minimum absolute atomic E-state index is 0.0394. The fourth-order valence-electron chi connectivity index (χ4n) is 5.72. The molecule has 1 atom stereocenters. The van der Waals surface area contributed by atoms with E-state index in [9.17, 15) is 8.78 Å². The number of unbranched alkanes of at least 4 members (excludes halogenated alkanes) is 1. The molecule has 2 aromatic carbocycles. The van der Waals surface area contributed by atoms with Crippen LogP contribution in [-0.2, 0) is 6.42 Å². The third kappa shape index (κ3) is 6.45. The van der Waals surface area contributed by atoms with Gasteiger partial charge in [-0.2, -0.15) is 0 Å². The number of benzene rings is 2. The van der Waals surface area contributed by atoms with Crippen molar-refractivity contribution in [1.82, 2.24) is 0 Å². The van der Waals surface area contributed by atoms with Gasteiger partial charge in [0, 0.05) is 17.1 Å². The van der Waals surface area contributed by atoms with E-state index in [1.165, 1.54) is 5.56 Å². The first-order valence-electron chi connectivity index (χ1n) is 13.9. The molecule has 0 heterocycles. The monoisotopic (exact) mass is 510 g/mol. The van der Waals surface area contributed by atoms with Crippen molar-refractivity contribution in [2.24, 2.45) is 11.8 Å². The number of allylic oxidation sites excluding steroid dienone is 6. The van der Waals surface area contributed by atoms with Crippen LogP contribution in [0.3, 0.4) is 0 Å². The molecule has 1 saturated carbocycles. The van der Waals surface area contributed by atoms with Crippen LogP contribution in [0.25, 0.3) is 11.1 Å². The van der Waals surface area contributed by atoms with E-state index < -0.39 is 23.3 Å². The number of hydrogen-bond donors (Lipinski definition) is 0. The Balaban J connectivity index is 1.37. The molecular formula is C33H38F4. The highest BCUT2D eigenvalue weighted by Crippen LogP contribution is 2.40. The summed E-state index contributed by atoms with van der Waals surface area (Å²) < 4.78 is 59.2. The molecule has 0 spiro atoms. The van der Waals surface area contributed by atoms with E-state index in [0.717, 1.165) is 51.4 Å². The van der Waals surface area contributed by atoms with Crippen LogP contribution in [-0.4, -0.2) is 0 Å². The lowest BCUT2D eigenvalue weighted by molar-refractivity contribution is 0.364. The second-order valence-corrected chi connectivity index (χ2v) is 10.6. The van der Waals surface area contributed by atoms with Gasteiger partial charge < -0.3 is 0 Å². The maximum Gasteiger partial charge on any atom is 0.166 e. The number of aryl methyl sites for hydroxylation is 1. The maximum atomic E-state index is 15.1. The van der Waals surface area contributed by atoms with Crippen molar-refractivity contribution < 1.29 is 17.6 Å². The van der Waals surface area contributed by atoms with Crippen molar-refractivity contribution in [2.75, 3.05) is 0 Å². The Bertz CT molecular complexity index is 1150. The van der Waals surface area contributed by atoms with Crippen LogP contribution in [0.4, 0.5) is 17.6 Å². The largest absolute Gasteiger partial charge is 0.208 e. The fourth-order valence-corrected chi connectivity index (χ4v) is 5.72. The lowest BCUT2D eigenvalue weighted by atomic mass is 9.78. The van der Waals surface area contributed by atoms with E-state index in [0.29, 0.717) is 35.1 Å². The van der Waals surface area contributed by atoms with Gasteiger partial charge in [0.2, 0.25) is 0 Å². The van der Waals surface area contributed by atoms with E-state index >= 15 is 8.78 Å². The number of halogens is 4. The predicted molar refractivity (Wildman–Crippen MR) is 145 cm³/mol. The van der Waals surface area contributed by atoms with Gasteiger partial charge in [-0.15, -0.1) is 0 Å². The van der Waals surface area contributed by atoms with Crippen LogP contribution in [0.2, 0.25) is 0 Å². The van der Waals surface area contributed by atoms with E-state index in [1.54, 1.807) is 24.3 Å². The molecule has 0 bridgehead atoms. The zero-order valence-electron chi connectivity index (χ0n) is 22.0. The quantitative estimate of drug-likeness (QED) is 0.294. The average molecular weight is 511 g/mol. The summed E-state index contributed by atoms with van der Waals surface area (Å²) in [6, 6.07) is 11.1. The van der Waals surface area contributed by atoms with E-state index in [1.807, 2.05) is 37.3 Å². The smallest absolute Gasteiger partial charge is 0.166 e. The van der Waals surface area contributed by atoms with Crippen molar-refractivity contribution in [1.29, 1.82) is 0 Å². The highest BCUT2D eigenvalue weighted by Gasteiger charge is 2.27. The average Bonchev–Trinajstić information content (AvgIpc) is 2.92. The number of hydrogen-bond acceptors (Lipinski definition) is 0. The molecule has 2 aliphatic carbocycles. The second-order valence-electron chi connectivity index (χ2n) is 10.6. The molecule has 1 fully saturated rings. The molecule has 0 radical (unpaired) electrons. The molecule has 4 heteroatoms. The normalized spacial score (nSPS) is 22.5. The molecule has 4 rings (SSSR count). The zero-order chi connectivity index (χ0) is 26.4. The van der Waals surface area contributed by atoms with Crippen molar-refractivity contribution in [2.45, 2.75) is 84.0 Å². The van der Waals surface area contributed by atoms with Gasteiger partial charge in [-0.1, -0.05) is 87.7 Å². The Hall–Kier alpha value is -2.62. The van der Waals surface area contributed by atoms with Crippen molar-refractivity contribution >= 4 is 0 Å². The van der Waals surface area contributed by atoms with Gasteiger partial charge in [0.1, 0.15) is 5.83 Å². The first-order chi connectivity index (χ1) is 17.9. The number of rotatable bonds is 9. The van der Waals surface area contributed by atoms with Crippen LogP contribution in [0.5, 0.6) is 0 Å². The van der Waals surface area contributed by atoms with Gasteiger partial charge in [0.15, 0.2) is 17.5 Å². The highest BCUT2D eigenvalue weighted by atomic mass is 19.2. The molecule has 1 unspecified atom stereocenters. The summed E-state index contributed by atoms with van der Waals surface area (Å²) >= 11 is 0. The maximum absolute atomic E-state index is 15.1.